The lowest BCUT2D eigenvalue weighted by Gasteiger charge is -2.17. The third-order valence-corrected chi connectivity index (χ3v) is 9.48. The minimum Gasteiger partial charge on any atom is -0.438 e. The molecule has 6 aromatic rings. The Morgan fingerprint density at radius 2 is 1.09 bits per heavy atom. The number of aromatic nitrogens is 2. The van der Waals surface area contributed by atoms with Gasteiger partial charge in [-0.3, -0.25) is 14.4 Å². The fraction of sp³-hybridized carbons (Fsp3) is 0.0976. The molecule has 1 amide bonds. The number of rotatable bonds is 11. The molecule has 0 aliphatic carbocycles. The number of hydrogen-bond donors (Lipinski definition) is 2. The van der Waals surface area contributed by atoms with Crippen LogP contribution in [0.5, 0.6) is 23.3 Å². The van der Waals surface area contributed by atoms with Crippen LogP contribution in [0.15, 0.2) is 120 Å². The molecule has 0 unspecified atom stereocenters. The molecule has 0 atom stereocenters. The van der Waals surface area contributed by atoms with Crippen LogP contribution in [0, 0.1) is 27.7 Å². The number of nitrogens with two attached hydrogens (primary N) is 1. The summed E-state index contributed by atoms with van der Waals surface area (Å²) >= 11 is 0. The van der Waals surface area contributed by atoms with Gasteiger partial charge in [0.15, 0.2) is 16.6 Å². The van der Waals surface area contributed by atoms with Gasteiger partial charge in [-0.05, 0) is 92.4 Å². The Bertz CT molecular complexity index is 2470. The summed E-state index contributed by atoms with van der Waals surface area (Å²) in [5.74, 6) is -0.938. The normalized spacial score (nSPS) is 11.1. The third kappa shape index (κ3) is 7.97. The lowest BCUT2D eigenvalue weighted by atomic mass is 9.98. The molecule has 0 saturated heterocycles. The van der Waals surface area contributed by atoms with Crippen LogP contribution in [0.25, 0.3) is 0 Å². The number of amides is 1. The molecular weight excluding hydrogens is 693 g/mol. The molecule has 0 fully saturated rings. The highest BCUT2D eigenvalue weighted by Crippen LogP contribution is 2.35. The van der Waals surface area contributed by atoms with Gasteiger partial charge in [0, 0.05) is 29.7 Å². The fourth-order valence-electron chi connectivity index (χ4n) is 5.74. The summed E-state index contributed by atoms with van der Waals surface area (Å²) in [6, 6.07) is 31.3. The van der Waals surface area contributed by atoms with Crippen LogP contribution < -0.4 is 19.9 Å². The number of ether oxygens (including phenoxy) is 2. The maximum Gasteiger partial charge on any atom is 0.281 e. The van der Waals surface area contributed by atoms with Gasteiger partial charge in [0.1, 0.15) is 22.9 Å². The molecule has 2 aromatic heterocycles. The van der Waals surface area contributed by atoms with Crippen molar-refractivity contribution in [3.05, 3.63) is 165 Å². The van der Waals surface area contributed by atoms with Gasteiger partial charge in [0.05, 0.1) is 0 Å². The molecule has 2 heterocycles. The average Bonchev–Trinajstić information content (AvgIpc) is 3.14. The van der Waals surface area contributed by atoms with Gasteiger partial charge in [-0.1, -0.05) is 66.7 Å². The summed E-state index contributed by atoms with van der Waals surface area (Å²) < 4.78 is 40.7. The van der Waals surface area contributed by atoms with E-state index in [1.54, 1.807) is 100 Å². The Hall–Kier alpha value is -6.66. The standard InChI is InChI=1S/C41H34N4O7S.H2/c1-24-20-30(36(46)28-12-7-5-8-13-28)21-25(2)38(24)51-34-19-18-32(40(48)45-53(49,50)35-17-11-16-33(42)43-35)41(44-34)52-39-26(3)22-31(23-27(39)4)37(47)29-14-9-6-10-15-29;/h5-23H,1-4H3,(H2,42,43)(H,45,48);1H. The number of carbonyl (C=O) groups excluding carboxylic acids is 3. The zero-order valence-corrected chi connectivity index (χ0v) is 30.0. The first-order chi connectivity index (χ1) is 25.3. The number of nitrogens with zero attached hydrogens (tertiary/aromatic N) is 2. The number of sulfonamides is 1. The van der Waals surface area contributed by atoms with E-state index < -0.39 is 21.0 Å². The minimum atomic E-state index is -4.45. The van der Waals surface area contributed by atoms with E-state index in [1.165, 1.54) is 30.3 Å². The van der Waals surface area contributed by atoms with Crippen LogP contribution in [0.2, 0.25) is 0 Å². The van der Waals surface area contributed by atoms with Crippen molar-refractivity contribution in [1.29, 1.82) is 0 Å². The molecule has 4 aromatic carbocycles. The maximum atomic E-state index is 13.6. The van der Waals surface area contributed by atoms with Gasteiger partial charge in [-0.2, -0.15) is 13.4 Å². The summed E-state index contributed by atoms with van der Waals surface area (Å²) in [4.78, 5) is 48.3. The first-order valence-electron chi connectivity index (χ1n) is 16.4. The Balaban J connectivity index is 0.00000561. The zero-order chi connectivity index (χ0) is 37.9. The van der Waals surface area contributed by atoms with Crippen LogP contribution in [0.4, 0.5) is 5.82 Å². The molecule has 0 aliphatic rings. The fourth-order valence-corrected chi connectivity index (χ4v) is 6.68. The summed E-state index contributed by atoms with van der Waals surface area (Å²) in [5, 5.41) is -0.452. The second-order valence-corrected chi connectivity index (χ2v) is 13.9. The number of anilines is 1. The van der Waals surface area contributed by atoms with E-state index >= 15 is 0 Å². The second-order valence-electron chi connectivity index (χ2n) is 12.3. The first kappa shape index (κ1) is 36.1. The highest BCUT2D eigenvalue weighted by atomic mass is 32.2. The predicted octanol–water partition coefficient (Wildman–Crippen LogP) is 7.70. The number of benzene rings is 4. The molecule has 53 heavy (non-hydrogen) atoms. The van der Waals surface area contributed by atoms with Gasteiger partial charge < -0.3 is 15.2 Å². The summed E-state index contributed by atoms with van der Waals surface area (Å²) in [7, 11) is -4.45. The molecule has 12 heteroatoms. The van der Waals surface area contributed by atoms with Gasteiger partial charge in [-0.25, -0.2) is 9.71 Å². The molecule has 11 nitrogen and oxygen atoms in total. The number of hydrogen-bond acceptors (Lipinski definition) is 10. The number of aryl methyl sites for hydroxylation is 4. The van der Waals surface area contributed by atoms with Crippen molar-refractivity contribution in [2.24, 2.45) is 0 Å². The van der Waals surface area contributed by atoms with Gasteiger partial charge in [0.2, 0.25) is 11.8 Å². The van der Waals surface area contributed by atoms with E-state index in [-0.39, 0.29) is 36.1 Å². The molecule has 0 aliphatic heterocycles. The van der Waals surface area contributed by atoms with Crippen LogP contribution in [0.3, 0.4) is 0 Å². The van der Waals surface area contributed by atoms with Crippen LogP contribution in [-0.4, -0.2) is 35.9 Å². The highest BCUT2D eigenvalue weighted by molar-refractivity contribution is 7.90. The minimum absolute atomic E-state index is 0. The lowest BCUT2D eigenvalue weighted by molar-refractivity contribution is 0.0976. The van der Waals surface area contributed by atoms with E-state index in [0.29, 0.717) is 56.0 Å². The largest absolute Gasteiger partial charge is 0.438 e. The van der Waals surface area contributed by atoms with Crippen molar-refractivity contribution in [2.45, 2.75) is 32.7 Å². The zero-order valence-electron chi connectivity index (χ0n) is 29.2. The number of ketones is 2. The van der Waals surface area contributed by atoms with Gasteiger partial charge in [-0.15, -0.1) is 0 Å². The Morgan fingerprint density at radius 3 is 1.58 bits per heavy atom. The smallest absolute Gasteiger partial charge is 0.281 e. The SMILES string of the molecule is Cc1cc(C(=O)c2ccccc2)cc(C)c1Oc1ccc(C(=O)NS(=O)(=O)c2cccc(N)n2)c(Oc2c(C)cc(C(=O)c3ccccc3)cc2C)n1.[HH]. The monoisotopic (exact) mass is 728 g/mol. The predicted molar refractivity (Wildman–Crippen MR) is 201 cm³/mol. The topological polar surface area (TPSA) is 168 Å². The molecule has 0 bridgehead atoms. The number of pyridine rings is 2. The van der Waals surface area contributed by atoms with Crippen LogP contribution in [-0.2, 0) is 10.0 Å². The molecule has 268 valence electrons. The first-order valence-corrected chi connectivity index (χ1v) is 17.9. The molecule has 0 spiro atoms. The molecular formula is C41H36N4O7S. The van der Waals surface area contributed by atoms with Crippen molar-refractivity contribution >= 4 is 33.3 Å². The maximum absolute atomic E-state index is 13.6. The molecule has 3 N–H and O–H groups in total. The quantitative estimate of drug-likeness (QED) is 0.126. The van der Waals surface area contributed by atoms with Crippen molar-refractivity contribution < 1.29 is 33.7 Å². The second kappa shape index (κ2) is 14.9. The number of nitrogen functional groups attached to an aromatic ring is 1. The number of carbonyl (C=O) groups is 3. The highest BCUT2D eigenvalue weighted by Gasteiger charge is 2.26. The summed E-state index contributed by atoms with van der Waals surface area (Å²) in [6.45, 7) is 7.07. The number of nitrogens with one attached hydrogen (secondary N) is 1. The average molecular weight is 729 g/mol. The molecule has 0 radical (unpaired) electrons. The van der Waals surface area contributed by atoms with Gasteiger partial charge >= 0.3 is 0 Å². The van der Waals surface area contributed by atoms with Crippen molar-refractivity contribution in [3.63, 3.8) is 0 Å². The van der Waals surface area contributed by atoms with Crippen molar-refractivity contribution in [1.82, 2.24) is 14.7 Å². The summed E-state index contributed by atoms with van der Waals surface area (Å²) in [6.07, 6.45) is 0. The lowest BCUT2D eigenvalue weighted by Crippen LogP contribution is -2.31. The van der Waals surface area contributed by atoms with Crippen LogP contribution in [0.1, 0.15) is 65.9 Å². The van der Waals surface area contributed by atoms with E-state index in [4.69, 9.17) is 15.2 Å². The Morgan fingerprint density at radius 1 is 0.604 bits per heavy atom. The molecule has 6 rings (SSSR count). The summed E-state index contributed by atoms with van der Waals surface area (Å²) in [5.41, 5.74) is 9.86. The van der Waals surface area contributed by atoms with E-state index in [2.05, 4.69) is 9.97 Å². The van der Waals surface area contributed by atoms with E-state index in [9.17, 15) is 22.8 Å². The van der Waals surface area contributed by atoms with Crippen molar-refractivity contribution in [3.8, 4) is 23.3 Å². The third-order valence-electron chi connectivity index (χ3n) is 8.25. The molecule has 0 saturated carbocycles. The van der Waals surface area contributed by atoms with Crippen molar-refractivity contribution in [2.75, 3.05) is 5.73 Å². The van der Waals surface area contributed by atoms with E-state index in [0.717, 1.165) is 0 Å². The van der Waals surface area contributed by atoms with E-state index in [1.807, 2.05) is 16.9 Å². The Kier molecular flexibility index (Phi) is 10.2. The van der Waals surface area contributed by atoms with Gasteiger partial charge in [0.25, 0.3) is 15.9 Å². The van der Waals surface area contributed by atoms with Crippen LogP contribution >= 0.6 is 0 Å². The Labute approximate surface area is 308 Å².